The fraction of sp³-hybridized carbons (Fsp3) is 0.500. The minimum atomic E-state index is 0.379. The number of rotatable bonds is 5. The van der Waals surface area contributed by atoms with Gasteiger partial charge in [-0.25, -0.2) is 9.97 Å². The monoisotopic (exact) mass is 205 g/mol. The van der Waals surface area contributed by atoms with Gasteiger partial charge in [0.25, 0.3) is 0 Å². The first-order chi connectivity index (χ1) is 7.29. The molecule has 80 valence electrons. The van der Waals surface area contributed by atoms with Crippen molar-refractivity contribution in [3.63, 3.8) is 0 Å². The topological polar surface area (TPSA) is 64.8 Å². The van der Waals surface area contributed by atoms with Gasteiger partial charge in [-0.1, -0.05) is 0 Å². The molecule has 5 heteroatoms. The smallest absolute Gasteiger partial charge is 0.183 e. The molecule has 0 radical (unpaired) electrons. The summed E-state index contributed by atoms with van der Waals surface area (Å²) in [5.74, 6) is 0.649. The molecule has 0 amide bonds. The minimum Gasteiger partial charge on any atom is -0.357 e. The van der Waals surface area contributed by atoms with Crippen LogP contribution in [0.5, 0.6) is 0 Å². The third kappa shape index (κ3) is 3.18. The first-order valence-electron chi connectivity index (χ1n) is 4.86. The van der Waals surface area contributed by atoms with E-state index in [0.29, 0.717) is 11.5 Å². The molecule has 0 fully saturated rings. The van der Waals surface area contributed by atoms with Crippen molar-refractivity contribution in [3.05, 3.63) is 18.1 Å². The van der Waals surface area contributed by atoms with Crippen molar-refractivity contribution in [3.8, 4) is 6.07 Å². The van der Waals surface area contributed by atoms with Gasteiger partial charge in [0.1, 0.15) is 6.07 Å². The van der Waals surface area contributed by atoms with E-state index in [0.717, 1.165) is 19.5 Å². The number of nitrogens with zero attached hydrogens (tertiary/aromatic N) is 4. The van der Waals surface area contributed by atoms with Crippen LogP contribution in [0.2, 0.25) is 0 Å². The van der Waals surface area contributed by atoms with Crippen LogP contribution in [0.1, 0.15) is 12.1 Å². The van der Waals surface area contributed by atoms with Crippen LogP contribution in [-0.2, 0) is 0 Å². The average molecular weight is 205 g/mol. The van der Waals surface area contributed by atoms with E-state index in [1.54, 1.807) is 6.20 Å². The summed E-state index contributed by atoms with van der Waals surface area (Å²) in [7, 11) is 3.84. The van der Waals surface area contributed by atoms with Crippen LogP contribution in [-0.4, -0.2) is 37.2 Å². The van der Waals surface area contributed by atoms with Crippen LogP contribution in [0.15, 0.2) is 12.4 Å². The highest BCUT2D eigenvalue weighted by atomic mass is 15.2. The Morgan fingerprint density at radius 3 is 2.87 bits per heavy atom. The van der Waals surface area contributed by atoms with Crippen molar-refractivity contribution in [1.82, 2.24) is 15.3 Å². The molecule has 0 unspecified atom stereocenters. The lowest BCUT2D eigenvalue weighted by Gasteiger charge is -2.17. The fourth-order valence-corrected chi connectivity index (χ4v) is 1.29. The first-order valence-corrected chi connectivity index (χ1v) is 4.86. The summed E-state index contributed by atoms with van der Waals surface area (Å²) in [5, 5.41) is 11.9. The summed E-state index contributed by atoms with van der Waals surface area (Å²) in [6.45, 7) is 1.81. The summed E-state index contributed by atoms with van der Waals surface area (Å²) in [6.07, 6.45) is 4.14. The van der Waals surface area contributed by atoms with Gasteiger partial charge in [0, 0.05) is 26.0 Å². The van der Waals surface area contributed by atoms with Gasteiger partial charge in [0.05, 0.1) is 0 Å². The molecule has 0 saturated heterocycles. The third-order valence-corrected chi connectivity index (χ3v) is 2.07. The normalized spacial score (nSPS) is 9.67. The molecule has 0 bridgehead atoms. The standard InChI is InChI=1S/C10H15N5/c1-12-4-3-7-15(2)10-9(8-11)13-5-6-14-10/h5-6,12H,3-4,7H2,1-2H3. The molecule has 1 aromatic heterocycles. The van der Waals surface area contributed by atoms with E-state index in [-0.39, 0.29) is 0 Å². The Hall–Kier alpha value is -1.67. The maximum Gasteiger partial charge on any atom is 0.183 e. The largest absolute Gasteiger partial charge is 0.357 e. The molecule has 1 rings (SSSR count). The summed E-state index contributed by atoms with van der Waals surface area (Å²) in [6, 6.07) is 2.04. The number of hydrogen-bond donors (Lipinski definition) is 1. The van der Waals surface area contributed by atoms with Crippen LogP contribution >= 0.6 is 0 Å². The van der Waals surface area contributed by atoms with Crippen molar-refractivity contribution in [2.24, 2.45) is 0 Å². The number of anilines is 1. The quantitative estimate of drug-likeness (QED) is 0.705. The predicted molar refractivity (Wildman–Crippen MR) is 58.6 cm³/mol. The Morgan fingerprint density at radius 2 is 2.20 bits per heavy atom. The van der Waals surface area contributed by atoms with Crippen molar-refractivity contribution in [1.29, 1.82) is 5.26 Å². The van der Waals surface area contributed by atoms with Gasteiger partial charge in [0.2, 0.25) is 0 Å². The van der Waals surface area contributed by atoms with Gasteiger partial charge in [-0.2, -0.15) is 5.26 Å². The van der Waals surface area contributed by atoms with E-state index >= 15 is 0 Å². The van der Waals surface area contributed by atoms with E-state index in [2.05, 4.69) is 15.3 Å². The third-order valence-electron chi connectivity index (χ3n) is 2.07. The maximum absolute atomic E-state index is 8.85. The number of nitriles is 1. The molecule has 1 N–H and O–H groups in total. The van der Waals surface area contributed by atoms with Crippen LogP contribution in [0.4, 0.5) is 5.82 Å². The van der Waals surface area contributed by atoms with Gasteiger partial charge in [-0.15, -0.1) is 0 Å². The molecule has 0 saturated carbocycles. The molecule has 0 aliphatic carbocycles. The lowest BCUT2D eigenvalue weighted by Crippen LogP contribution is -2.24. The number of nitrogens with one attached hydrogen (secondary N) is 1. The van der Waals surface area contributed by atoms with E-state index in [9.17, 15) is 0 Å². The van der Waals surface area contributed by atoms with Crippen LogP contribution in [0.3, 0.4) is 0 Å². The maximum atomic E-state index is 8.85. The average Bonchev–Trinajstić information content (AvgIpc) is 2.29. The minimum absolute atomic E-state index is 0.379. The van der Waals surface area contributed by atoms with E-state index in [1.165, 1.54) is 6.20 Å². The molecule has 5 nitrogen and oxygen atoms in total. The second-order valence-electron chi connectivity index (χ2n) is 3.22. The summed E-state index contributed by atoms with van der Waals surface area (Å²) < 4.78 is 0. The Labute approximate surface area is 89.8 Å². The Morgan fingerprint density at radius 1 is 1.47 bits per heavy atom. The second-order valence-corrected chi connectivity index (χ2v) is 3.22. The molecule has 0 spiro atoms. The van der Waals surface area contributed by atoms with Crippen molar-refractivity contribution in [2.75, 3.05) is 32.1 Å². The zero-order chi connectivity index (χ0) is 11.1. The molecule has 0 aliphatic heterocycles. The van der Waals surface area contributed by atoms with Gasteiger partial charge < -0.3 is 10.2 Å². The van der Waals surface area contributed by atoms with Gasteiger partial charge in [-0.3, -0.25) is 0 Å². The van der Waals surface area contributed by atoms with Crippen LogP contribution in [0.25, 0.3) is 0 Å². The molecular weight excluding hydrogens is 190 g/mol. The van der Waals surface area contributed by atoms with E-state index < -0.39 is 0 Å². The van der Waals surface area contributed by atoms with E-state index in [4.69, 9.17) is 5.26 Å². The highest BCUT2D eigenvalue weighted by Crippen LogP contribution is 2.11. The van der Waals surface area contributed by atoms with Gasteiger partial charge in [0.15, 0.2) is 11.5 Å². The number of hydrogen-bond acceptors (Lipinski definition) is 5. The van der Waals surface area contributed by atoms with Crippen molar-refractivity contribution < 1.29 is 0 Å². The second kappa shape index (κ2) is 5.94. The first kappa shape index (κ1) is 11.4. The van der Waals surface area contributed by atoms with Gasteiger partial charge in [-0.05, 0) is 20.0 Å². The highest BCUT2D eigenvalue weighted by Gasteiger charge is 2.08. The van der Waals surface area contributed by atoms with Crippen LogP contribution in [0, 0.1) is 11.3 Å². The zero-order valence-corrected chi connectivity index (χ0v) is 9.06. The molecular formula is C10H15N5. The Kier molecular flexibility index (Phi) is 4.51. The van der Waals surface area contributed by atoms with Crippen LogP contribution < -0.4 is 10.2 Å². The Balaban J connectivity index is 2.65. The lowest BCUT2D eigenvalue weighted by atomic mass is 10.3. The zero-order valence-electron chi connectivity index (χ0n) is 9.06. The molecule has 0 atom stereocenters. The summed E-state index contributed by atoms with van der Waals surface area (Å²) in [4.78, 5) is 10.1. The summed E-state index contributed by atoms with van der Waals surface area (Å²) >= 11 is 0. The fourth-order valence-electron chi connectivity index (χ4n) is 1.29. The van der Waals surface area contributed by atoms with Crippen molar-refractivity contribution >= 4 is 5.82 Å². The number of aromatic nitrogens is 2. The lowest BCUT2D eigenvalue weighted by molar-refractivity contribution is 0.708. The van der Waals surface area contributed by atoms with E-state index in [1.807, 2.05) is 25.1 Å². The molecule has 15 heavy (non-hydrogen) atoms. The highest BCUT2D eigenvalue weighted by molar-refractivity contribution is 5.48. The predicted octanol–water partition coefficient (Wildman–Crippen LogP) is 0.394. The molecule has 0 aliphatic rings. The molecule has 1 heterocycles. The molecule has 1 aromatic rings. The van der Waals surface area contributed by atoms with Crippen molar-refractivity contribution in [2.45, 2.75) is 6.42 Å². The Bertz CT molecular complexity index is 344. The van der Waals surface area contributed by atoms with Gasteiger partial charge >= 0.3 is 0 Å². The summed E-state index contributed by atoms with van der Waals surface area (Å²) in [5.41, 5.74) is 0.379. The molecule has 0 aromatic carbocycles. The SMILES string of the molecule is CNCCCN(C)c1nccnc1C#N.